The van der Waals surface area contributed by atoms with Gasteiger partial charge in [0.2, 0.25) is 0 Å². The first-order chi connectivity index (χ1) is 6.80. The molecule has 4 nitrogen and oxygen atoms in total. The van der Waals surface area contributed by atoms with E-state index in [1.54, 1.807) is 0 Å². The largest absolute Gasteiger partial charge is 0.315 e. The number of nitrogens with zero attached hydrogens (tertiary/aromatic N) is 1. The summed E-state index contributed by atoms with van der Waals surface area (Å²) in [4.78, 5) is 11.3. The van der Waals surface area contributed by atoms with E-state index in [4.69, 9.17) is 10.7 Å². The van der Waals surface area contributed by atoms with Crippen LogP contribution in [0, 0.1) is 5.92 Å². The Morgan fingerprint density at radius 2 is 2.07 bits per heavy atom. The van der Waals surface area contributed by atoms with E-state index in [2.05, 4.69) is 0 Å². The van der Waals surface area contributed by atoms with E-state index in [1.807, 2.05) is 13.8 Å². The van der Waals surface area contributed by atoms with Crippen LogP contribution in [0.3, 0.4) is 0 Å². The molecule has 0 saturated carbocycles. The second-order valence-corrected chi connectivity index (χ2v) is 6.25. The predicted molar refractivity (Wildman–Crippen MR) is 58.6 cm³/mol. The molecule has 0 amide bonds. The van der Waals surface area contributed by atoms with Crippen LogP contribution in [-0.2, 0) is 15.6 Å². The summed E-state index contributed by atoms with van der Waals surface area (Å²) in [6, 6.07) is 2.36. The van der Waals surface area contributed by atoms with Crippen molar-refractivity contribution < 1.29 is 8.42 Å². The summed E-state index contributed by atoms with van der Waals surface area (Å²) in [5.74, 6) is 0.321. The molecule has 1 rings (SSSR count). The van der Waals surface area contributed by atoms with Gasteiger partial charge in [-0.25, -0.2) is 8.42 Å². The third-order valence-corrected chi connectivity index (χ3v) is 3.16. The molecular formula is C9H12ClNO3S. The molecule has 0 aromatic carbocycles. The molecule has 0 saturated heterocycles. The highest BCUT2D eigenvalue weighted by atomic mass is 35.7. The maximum Gasteiger partial charge on any atom is 0.261 e. The van der Waals surface area contributed by atoms with Gasteiger partial charge in [-0.05, 0) is 12.0 Å². The Balaban J connectivity index is 3.16. The topological polar surface area (TPSA) is 56.1 Å². The van der Waals surface area contributed by atoms with E-state index in [9.17, 15) is 13.2 Å². The molecule has 0 fully saturated rings. The first-order valence-corrected chi connectivity index (χ1v) is 6.77. The monoisotopic (exact) mass is 249 g/mol. The summed E-state index contributed by atoms with van der Waals surface area (Å²) in [6.07, 6.45) is 1.44. The molecule has 84 valence electrons. The van der Waals surface area contributed by atoms with Gasteiger partial charge >= 0.3 is 0 Å². The summed E-state index contributed by atoms with van der Waals surface area (Å²) in [5.41, 5.74) is -0.356. The molecule has 0 radical (unpaired) electrons. The van der Waals surface area contributed by atoms with Crippen LogP contribution in [0.2, 0.25) is 0 Å². The van der Waals surface area contributed by atoms with E-state index in [0.717, 1.165) is 6.07 Å². The summed E-state index contributed by atoms with van der Waals surface area (Å²) >= 11 is 0. The lowest BCUT2D eigenvalue weighted by Gasteiger charge is -2.08. The highest BCUT2D eigenvalue weighted by molar-refractivity contribution is 8.13. The number of halogens is 1. The average Bonchev–Trinajstić information content (AvgIpc) is 2.05. The van der Waals surface area contributed by atoms with Gasteiger partial charge in [-0.2, -0.15) is 0 Å². The summed E-state index contributed by atoms with van der Waals surface area (Å²) in [7, 11) is 1.30. The van der Waals surface area contributed by atoms with Crippen molar-refractivity contribution in [3.63, 3.8) is 0 Å². The van der Waals surface area contributed by atoms with Crippen LogP contribution in [0.15, 0.2) is 28.0 Å². The summed E-state index contributed by atoms with van der Waals surface area (Å²) in [5, 5.41) is 0. The first-order valence-electron chi connectivity index (χ1n) is 4.46. The molecular weight excluding hydrogens is 238 g/mol. The van der Waals surface area contributed by atoms with Gasteiger partial charge in [0, 0.05) is 29.5 Å². The lowest BCUT2D eigenvalue weighted by molar-refractivity contribution is 0.509. The zero-order valence-corrected chi connectivity index (χ0v) is 10.0. The molecule has 15 heavy (non-hydrogen) atoms. The molecule has 0 N–H and O–H groups in total. The van der Waals surface area contributed by atoms with Crippen molar-refractivity contribution in [3.05, 3.63) is 28.7 Å². The first kappa shape index (κ1) is 12.3. The number of rotatable bonds is 3. The molecule has 0 aliphatic carbocycles. The maximum atomic E-state index is 11.5. The minimum atomic E-state index is -3.81. The van der Waals surface area contributed by atoms with Crippen molar-refractivity contribution in [1.29, 1.82) is 0 Å². The van der Waals surface area contributed by atoms with E-state index in [0.29, 0.717) is 12.5 Å². The van der Waals surface area contributed by atoms with E-state index < -0.39 is 9.05 Å². The molecule has 0 spiro atoms. The average molecular weight is 250 g/mol. The van der Waals surface area contributed by atoms with Crippen molar-refractivity contribution in [3.8, 4) is 0 Å². The molecule has 0 unspecified atom stereocenters. The van der Waals surface area contributed by atoms with Gasteiger partial charge in [-0.1, -0.05) is 13.8 Å². The lowest BCUT2D eigenvalue weighted by Crippen LogP contribution is -2.21. The third kappa shape index (κ3) is 3.35. The fourth-order valence-electron chi connectivity index (χ4n) is 1.19. The molecule has 1 aromatic heterocycles. The van der Waals surface area contributed by atoms with Gasteiger partial charge in [0.1, 0.15) is 0 Å². The minimum absolute atomic E-state index is 0.158. The van der Waals surface area contributed by atoms with Crippen LogP contribution < -0.4 is 5.56 Å². The standard InChI is InChI=1S/C9H12ClNO3S/c1-7(2)6-11-4-3-8(5-9(11)12)15(10,13)14/h3-5,7H,6H2,1-2H3. The number of aromatic nitrogens is 1. The summed E-state index contributed by atoms with van der Waals surface area (Å²) < 4.78 is 23.3. The third-order valence-electron chi connectivity index (χ3n) is 1.81. The fourth-order valence-corrected chi connectivity index (χ4v) is 1.94. The molecule has 1 aromatic rings. The predicted octanol–water partition coefficient (Wildman–Crippen LogP) is 1.43. The van der Waals surface area contributed by atoms with Crippen molar-refractivity contribution in [1.82, 2.24) is 4.57 Å². The number of pyridine rings is 1. The SMILES string of the molecule is CC(C)Cn1ccc(S(=O)(=O)Cl)cc1=O. The zero-order chi connectivity index (χ0) is 11.6. The minimum Gasteiger partial charge on any atom is -0.315 e. The molecule has 0 aliphatic heterocycles. The molecule has 0 aliphatic rings. The van der Waals surface area contributed by atoms with E-state index in [1.165, 1.54) is 16.8 Å². The second kappa shape index (κ2) is 4.37. The van der Waals surface area contributed by atoms with Crippen LogP contribution >= 0.6 is 10.7 Å². The zero-order valence-electron chi connectivity index (χ0n) is 8.47. The van der Waals surface area contributed by atoms with E-state index >= 15 is 0 Å². The van der Waals surface area contributed by atoms with Crippen LogP contribution in [0.25, 0.3) is 0 Å². The lowest BCUT2D eigenvalue weighted by atomic mass is 10.2. The maximum absolute atomic E-state index is 11.5. The van der Waals surface area contributed by atoms with Crippen LogP contribution in [0.5, 0.6) is 0 Å². The van der Waals surface area contributed by atoms with E-state index in [-0.39, 0.29) is 10.5 Å². The Labute approximate surface area is 92.9 Å². The van der Waals surface area contributed by atoms with Gasteiger partial charge < -0.3 is 4.57 Å². The second-order valence-electron chi connectivity index (χ2n) is 3.68. The van der Waals surface area contributed by atoms with Gasteiger partial charge in [0.25, 0.3) is 14.6 Å². The van der Waals surface area contributed by atoms with Crippen molar-refractivity contribution in [2.75, 3.05) is 0 Å². The van der Waals surface area contributed by atoms with Gasteiger partial charge in [-0.15, -0.1) is 0 Å². The Morgan fingerprint density at radius 1 is 1.47 bits per heavy atom. The van der Waals surface area contributed by atoms with Crippen LogP contribution in [0.1, 0.15) is 13.8 Å². The Bertz CT molecular complexity index is 504. The van der Waals surface area contributed by atoms with Crippen molar-refractivity contribution in [2.24, 2.45) is 5.92 Å². The van der Waals surface area contributed by atoms with Gasteiger partial charge in [0.15, 0.2) is 0 Å². The van der Waals surface area contributed by atoms with Gasteiger partial charge in [-0.3, -0.25) is 4.79 Å². The number of hydrogen-bond donors (Lipinski definition) is 0. The fraction of sp³-hybridized carbons (Fsp3) is 0.444. The highest BCUT2D eigenvalue weighted by Crippen LogP contribution is 2.11. The van der Waals surface area contributed by atoms with Crippen molar-refractivity contribution >= 4 is 19.7 Å². The Morgan fingerprint density at radius 3 is 2.47 bits per heavy atom. The van der Waals surface area contributed by atoms with Gasteiger partial charge in [0.05, 0.1) is 4.90 Å². The smallest absolute Gasteiger partial charge is 0.261 e. The highest BCUT2D eigenvalue weighted by Gasteiger charge is 2.11. The molecule has 0 atom stereocenters. The Hall–Kier alpha value is -0.810. The quantitative estimate of drug-likeness (QED) is 0.762. The molecule has 0 bridgehead atoms. The normalized spacial score (nSPS) is 12.0. The Kier molecular flexibility index (Phi) is 3.57. The van der Waals surface area contributed by atoms with Crippen LogP contribution in [-0.4, -0.2) is 13.0 Å². The van der Waals surface area contributed by atoms with Crippen LogP contribution in [0.4, 0.5) is 0 Å². The van der Waals surface area contributed by atoms with Crippen molar-refractivity contribution in [2.45, 2.75) is 25.3 Å². The molecule has 6 heteroatoms. The molecule has 1 heterocycles. The number of hydrogen-bond acceptors (Lipinski definition) is 3. The summed E-state index contributed by atoms with van der Waals surface area (Å²) in [6.45, 7) is 4.50.